The van der Waals surface area contributed by atoms with Crippen LogP contribution in [0.5, 0.6) is 0 Å². The molecule has 0 heterocycles. The Morgan fingerprint density at radius 2 is 1.65 bits per heavy atom. The Morgan fingerprint density at radius 1 is 1.09 bits per heavy atom. The Balaban J connectivity index is 4.25. The van der Waals surface area contributed by atoms with Crippen molar-refractivity contribution in [1.82, 2.24) is 5.32 Å². The number of hydrogen-bond acceptors (Lipinski definition) is 7. The van der Waals surface area contributed by atoms with E-state index in [1.54, 1.807) is 0 Å². The van der Waals surface area contributed by atoms with Crippen LogP contribution >= 0.6 is 0 Å². The molecule has 0 atom stereocenters. The van der Waals surface area contributed by atoms with Crippen LogP contribution in [0.2, 0.25) is 6.04 Å². The molecule has 0 bridgehead atoms. The molecule has 0 radical (unpaired) electrons. The predicted octanol–water partition coefficient (Wildman–Crippen LogP) is 2.37. The van der Waals surface area contributed by atoms with Gasteiger partial charge < -0.3 is 28.4 Å². The predicted molar refractivity (Wildman–Crippen MR) is 90.0 cm³/mol. The minimum Gasteiger partial charge on any atom is -0.501 e. The molecule has 0 aliphatic heterocycles. The highest BCUT2D eigenvalue weighted by Gasteiger charge is 2.39. The van der Waals surface area contributed by atoms with E-state index in [1.165, 1.54) is 6.20 Å². The quantitative estimate of drug-likeness (QED) is 0.164. The number of rotatable bonds is 14. The largest absolute Gasteiger partial charge is 0.501 e. The lowest BCUT2D eigenvalue weighted by Gasteiger charge is -2.28. The van der Waals surface area contributed by atoms with E-state index in [-0.39, 0.29) is 0 Å². The molecule has 0 saturated carbocycles. The summed E-state index contributed by atoms with van der Waals surface area (Å²) in [6.45, 7) is 10.1. The zero-order valence-corrected chi connectivity index (χ0v) is 15.7. The summed E-state index contributed by atoms with van der Waals surface area (Å²) in [5.41, 5.74) is 0. The van der Waals surface area contributed by atoms with Crippen LogP contribution in [-0.2, 0) is 22.8 Å². The molecule has 2 N–H and O–H groups in total. The van der Waals surface area contributed by atoms with Gasteiger partial charge in [0.25, 0.3) is 0 Å². The van der Waals surface area contributed by atoms with Gasteiger partial charge in [-0.2, -0.15) is 0 Å². The van der Waals surface area contributed by atoms with E-state index in [1.807, 2.05) is 27.7 Å². The van der Waals surface area contributed by atoms with Gasteiger partial charge in [-0.1, -0.05) is 6.92 Å². The first kappa shape index (κ1) is 21.9. The molecule has 8 heteroatoms. The average molecular weight is 350 g/mol. The molecular formula is C15H31NO6Si. The van der Waals surface area contributed by atoms with Gasteiger partial charge in [0.05, 0.1) is 6.61 Å². The van der Waals surface area contributed by atoms with E-state index in [2.05, 4.69) is 5.32 Å². The van der Waals surface area contributed by atoms with Crippen molar-refractivity contribution in [2.24, 2.45) is 0 Å². The third-order valence-corrected chi connectivity index (χ3v) is 5.93. The van der Waals surface area contributed by atoms with Gasteiger partial charge in [-0.3, -0.25) is 0 Å². The SMILES string of the molecule is CCCOC(=O)C(O)=CNCCC[Si](OCC)(OCC)OCC. The van der Waals surface area contributed by atoms with Gasteiger partial charge in [0.2, 0.25) is 5.76 Å². The zero-order valence-electron chi connectivity index (χ0n) is 14.7. The second-order valence-electron chi connectivity index (χ2n) is 4.71. The topological polar surface area (TPSA) is 86.3 Å². The molecule has 0 aromatic heterocycles. The van der Waals surface area contributed by atoms with Crippen LogP contribution < -0.4 is 5.32 Å². The van der Waals surface area contributed by atoms with Gasteiger partial charge in [-0.15, -0.1) is 0 Å². The van der Waals surface area contributed by atoms with Crippen molar-refractivity contribution >= 4 is 14.8 Å². The summed E-state index contributed by atoms with van der Waals surface area (Å²) in [6, 6.07) is 0.671. The fourth-order valence-electron chi connectivity index (χ4n) is 1.90. The molecule has 0 fully saturated rings. The Bertz CT molecular complexity index is 334. The summed E-state index contributed by atoms with van der Waals surface area (Å²) >= 11 is 0. The number of esters is 1. The Hall–Kier alpha value is -1.09. The van der Waals surface area contributed by atoms with Crippen LogP contribution in [0.1, 0.15) is 40.5 Å². The first-order chi connectivity index (χ1) is 11.0. The van der Waals surface area contributed by atoms with Crippen LogP contribution in [0.15, 0.2) is 12.0 Å². The fourth-order valence-corrected chi connectivity index (χ4v) is 4.52. The highest BCUT2D eigenvalue weighted by Crippen LogP contribution is 2.17. The van der Waals surface area contributed by atoms with Crippen LogP contribution in [0.3, 0.4) is 0 Å². The van der Waals surface area contributed by atoms with Crippen molar-refractivity contribution in [3.05, 3.63) is 12.0 Å². The first-order valence-electron chi connectivity index (χ1n) is 8.26. The summed E-state index contributed by atoms with van der Waals surface area (Å²) in [6.07, 6.45) is 2.70. The highest BCUT2D eigenvalue weighted by molar-refractivity contribution is 6.60. The maximum absolute atomic E-state index is 11.3. The third kappa shape index (κ3) is 9.60. The zero-order chi connectivity index (χ0) is 17.6. The maximum atomic E-state index is 11.3. The second kappa shape index (κ2) is 13.4. The van der Waals surface area contributed by atoms with Gasteiger partial charge in [-0.05, 0) is 33.6 Å². The highest BCUT2D eigenvalue weighted by atomic mass is 28.4. The van der Waals surface area contributed by atoms with Gasteiger partial charge in [0.15, 0.2) is 0 Å². The second-order valence-corrected chi connectivity index (χ2v) is 7.44. The third-order valence-electron chi connectivity index (χ3n) is 2.78. The van der Waals surface area contributed by atoms with Crippen LogP contribution in [0, 0.1) is 0 Å². The summed E-state index contributed by atoms with van der Waals surface area (Å²) in [5.74, 6) is -1.15. The molecule has 23 heavy (non-hydrogen) atoms. The average Bonchev–Trinajstić information content (AvgIpc) is 2.52. The number of hydrogen-bond donors (Lipinski definition) is 2. The maximum Gasteiger partial charge on any atom is 0.500 e. The minimum absolute atomic E-state index is 0.294. The molecule has 0 aromatic carbocycles. The lowest BCUT2D eigenvalue weighted by molar-refractivity contribution is -0.142. The molecule has 0 rings (SSSR count). The minimum atomic E-state index is -2.63. The number of nitrogens with one attached hydrogen (secondary N) is 1. The van der Waals surface area contributed by atoms with E-state index >= 15 is 0 Å². The number of aliphatic hydroxyl groups is 1. The van der Waals surface area contributed by atoms with Crippen LogP contribution in [-0.4, -0.2) is 52.9 Å². The van der Waals surface area contributed by atoms with Crippen molar-refractivity contribution in [3.63, 3.8) is 0 Å². The summed E-state index contributed by atoms with van der Waals surface area (Å²) in [7, 11) is -2.63. The van der Waals surface area contributed by atoms with Gasteiger partial charge in [0.1, 0.15) is 0 Å². The standard InChI is InChI=1S/C15H31NO6Si/c1-5-11-19-15(18)14(17)13-16-10-9-12-23(20-6-2,21-7-3)22-8-4/h13,16-17H,5-12H2,1-4H3. The van der Waals surface area contributed by atoms with E-state index in [9.17, 15) is 9.90 Å². The van der Waals surface area contributed by atoms with Crippen LogP contribution in [0.25, 0.3) is 0 Å². The summed E-state index contributed by atoms with van der Waals surface area (Å²) in [5, 5.41) is 12.4. The van der Waals surface area contributed by atoms with Crippen LogP contribution in [0.4, 0.5) is 0 Å². The molecule has 0 aliphatic carbocycles. The van der Waals surface area contributed by atoms with Gasteiger partial charge in [-0.25, -0.2) is 4.79 Å². The smallest absolute Gasteiger partial charge is 0.500 e. The molecule has 0 amide bonds. The molecular weight excluding hydrogens is 318 g/mol. The number of ether oxygens (including phenoxy) is 1. The van der Waals surface area contributed by atoms with Crippen molar-refractivity contribution in [2.75, 3.05) is 33.0 Å². The van der Waals surface area contributed by atoms with Crippen molar-refractivity contribution in [2.45, 2.75) is 46.6 Å². The van der Waals surface area contributed by atoms with E-state index in [4.69, 9.17) is 18.0 Å². The van der Waals surface area contributed by atoms with Crippen molar-refractivity contribution in [1.29, 1.82) is 0 Å². The fraction of sp³-hybridized carbons (Fsp3) is 0.800. The number of carbonyl (C=O) groups is 1. The van der Waals surface area contributed by atoms with E-state index in [0.717, 1.165) is 6.42 Å². The monoisotopic (exact) mass is 349 g/mol. The Labute approximate surface area is 140 Å². The molecule has 0 aromatic rings. The molecule has 0 spiro atoms. The van der Waals surface area contributed by atoms with Gasteiger partial charge in [0, 0.05) is 38.6 Å². The normalized spacial score (nSPS) is 12.3. The molecule has 0 unspecified atom stereocenters. The first-order valence-corrected chi connectivity index (χ1v) is 10.2. The molecule has 136 valence electrons. The summed E-state index contributed by atoms with van der Waals surface area (Å²) < 4.78 is 22.1. The van der Waals surface area contributed by atoms with E-state index < -0.39 is 20.5 Å². The molecule has 0 saturated heterocycles. The Kier molecular flexibility index (Phi) is 12.7. The lowest BCUT2D eigenvalue weighted by Crippen LogP contribution is -2.46. The van der Waals surface area contributed by atoms with Crippen molar-refractivity contribution in [3.8, 4) is 0 Å². The lowest BCUT2D eigenvalue weighted by atomic mass is 10.4. The van der Waals surface area contributed by atoms with E-state index in [0.29, 0.717) is 45.4 Å². The Morgan fingerprint density at radius 3 is 2.13 bits per heavy atom. The van der Waals surface area contributed by atoms with Gasteiger partial charge >= 0.3 is 14.8 Å². The molecule has 7 nitrogen and oxygen atoms in total. The summed E-state index contributed by atoms with van der Waals surface area (Å²) in [4.78, 5) is 11.3. The number of carbonyl (C=O) groups excluding carboxylic acids is 1. The molecule has 0 aliphatic rings. The van der Waals surface area contributed by atoms with Crippen molar-refractivity contribution < 1.29 is 27.9 Å². The number of aliphatic hydroxyl groups excluding tert-OH is 1.